The number of hydrogen-bond acceptors (Lipinski definition) is 3. The molecule has 0 aliphatic heterocycles. The van der Waals surface area contributed by atoms with Gasteiger partial charge in [-0.2, -0.15) is 0 Å². The van der Waals surface area contributed by atoms with Crippen molar-refractivity contribution in [3.8, 4) is 0 Å². The number of aryl methyl sites for hydroxylation is 3. The second-order valence-corrected chi connectivity index (χ2v) is 7.09. The van der Waals surface area contributed by atoms with E-state index in [2.05, 4.69) is 15.6 Å². The van der Waals surface area contributed by atoms with E-state index in [0.717, 1.165) is 22.4 Å². The second kappa shape index (κ2) is 8.23. The monoisotopic (exact) mass is 393 g/mol. The zero-order chi connectivity index (χ0) is 20.3. The summed E-state index contributed by atoms with van der Waals surface area (Å²) in [5, 5.41) is 6.18. The van der Waals surface area contributed by atoms with E-state index in [1.54, 1.807) is 24.3 Å². The molecule has 0 saturated carbocycles. The standard InChI is InChI=1S/C22H20ClN3O2/c1-13-7-14(2)20(15(3)8-13)26-22(28)17-9-16(11-24-12-17)21(27)25-19-6-4-5-18(23)10-19/h4-12H,1-3H3,(H,25,27)(H,26,28). The maximum atomic E-state index is 12.7. The lowest BCUT2D eigenvalue weighted by atomic mass is 10.0. The number of benzene rings is 2. The van der Waals surface area contributed by atoms with Gasteiger partial charge in [0.15, 0.2) is 0 Å². The van der Waals surface area contributed by atoms with Crippen molar-refractivity contribution in [1.29, 1.82) is 0 Å². The fourth-order valence-corrected chi connectivity index (χ4v) is 3.21. The molecular formula is C22H20ClN3O2. The largest absolute Gasteiger partial charge is 0.322 e. The van der Waals surface area contributed by atoms with Crippen LogP contribution in [0.15, 0.2) is 54.9 Å². The van der Waals surface area contributed by atoms with Crippen LogP contribution in [-0.2, 0) is 0 Å². The Bertz CT molecular complexity index is 1040. The van der Waals surface area contributed by atoms with Crippen LogP contribution >= 0.6 is 11.6 Å². The molecule has 5 nitrogen and oxygen atoms in total. The molecule has 0 aliphatic rings. The fraction of sp³-hybridized carbons (Fsp3) is 0.136. The third-order valence-electron chi connectivity index (χ3n) is 4.26. The Kier molecular flexibility index (Phi) is 5.76. The van der Waals surface area contributed by atoms with Crippen LogP contribution in [-0.4, -0.2) is 16.8 Å². The van der Waals surface area contributed by atoms with Gasteiger partial charge in [0.2, 0.25) is 0 Å². The summed E-state index contributed by atoms with van der Waals surface area (Å²) < 4.78 is 0. The SMILES string of the molecule is Cc1cc(C)c(NC(=O)c2cncc(C(=O)Nc3cccc(Cl)c3)c2)c(C)c1. The second-order valence-electron chi connectivity index (χ2n) is 6.65. The third kappa shape index (κ3) is 4.56. The third-order valence-corrected chi connectivity index (χ3v) is 4.50. The summed E-state index contributed by atoms with van der Waals surface area (Å²) in [6.07, 6.45) is 2.85. The summed E-state index contributed by atoms with van der Waals surface area (Å²) in [5.41, 5.74) is 5.02. The predicted octanol–water partition coefficient (Wildman–Crippen LogP) is 5.16. The van der Waals surface area contributed by atoms with Crippen molar-refractivity contribution in [3.63, 3.8) is 0 Å². The average Bonchev–Trinajstić information content (AvgIpc) is 2.64. The number of carbonyl (C=O) groups is 2. The highest BCUT2D eigenvalue weighted by molar-refractivity contribution is 6.31. The van der Waals surface area contributed by atoms with E-state index in [4.69, 9.17) is 11.6 Å². The number of hydrogen-bond donors (Lipinski definition) is 2. The zero-order valence-electron chi connectivity index (χ0n) is 15.8. The van der Waals surface area contributed by atoms with Gasteiger partial charge in [-0.15, -0.1) is 0 Å². The first-order chi connectivity index (χ1) is 13.3. The van der Waals surface area contributed by atoms with Crippen LogP contribution in [0.25, 0.3) is 0 Å². The van der Waals surface area contributed by atoms with Crippen LogP contribution in [0.4, 0.5) is 11.4 Å². The molecule has 0 atom stereocenters. The molecular weight excluding hydrogens is 374 g/mol. The van der Waals surface area contributed by atoms with Crippen molar-refractivity contribution in [1.82, 2.24) is 4.98 Å². The van der Waals surface area contributed by atoms with Crippen LogP contribution in [0.1, 0.15) is 37.4 Å². The molecule has 1 aromatic heterocycles. The van der Waals surface area contributed by atoms with Gasteiger partial charge in [0, 0.05) is 28.8 Å². The molecule has 0 fully saturated rings. The number of nitrogens with one attached hydrogen (secondary N) is 2. The summed E-state index contributed by atoms with van der Waals surface area (Å²) in [4.78, 5) is 29.2. The van der Waals surface area contributed by atoms with Crippen molar-refractivity contribution in [2.45, 2.75) is 20.8 Å². The lowest BCUT2D eigenvalue weighted by Gasteiger charge is -2.13. The van der Waals surface area contributed by atoms with E-state index < -0.39 is 0 Å². The van der Waals surface area contributed by atoms with Crippen molar-refractivity contribution >= 4 is 34.8 Å². The summed E-state index contributed by atoms with van der Waals surface area (Å²) >= 11 is 5.94. The number of amides is 2. The Hall–Kier alpha value is -3.18. The van der Waals surface area contributed by atoms with Gasteiger partial charge in [0.1, 0.15) is 0 Å². The minimum absolute atomic E-state index is 0.282. The molecule has 2 N–H and O–H groups in total. The quantitative estimate of drug-likeness (QED) is 0.642. The minimum Gasteiger partial charge on any atom is -0.322 e. The Labute approximate surface area is 168 Å². The van der Waals surface area contributed by atoms with E-state index in [-0.39, 0.29) is 17.4 Å². The van der Waals surface area contributed by atoms with Crippen LogP contribution in [0.2, 0.25) is 5.02 Å². The first-order valence-electron chi connectivity index (χ1n) is 8.74. The van der Waals surface area contributed by atoms with E-state index in [0.29, 0.717) is 16.3 Å². The van der Waals surface area contributed by atoms with Crippen molar-refractivity contribution in [2.24, 2.45) is 0 Å². The van der Waals surface area contributed by atoms with Gasteiger partial charge in [0.05, 0.1) is 11.1 Å². The molecule has 0 spiro atoms. The maximum absolute atomic E-state index is 12.7. The van der Waals surface area contributed by atoms with Gasteiger partial charge in [-0.25, -0.2) is 0 Å². The van der Waals surface area contributed by atoms with Crippen LogP contribution in [0, 0.1) is 20.8 Å². The highest BCUT2D eigenvalue weighted by Gasteiger charge is 2.14. The number of halogens is 1. The van der Waals surface area contributed by atoms with Crippen LogP contribution in [0.5, 0.6) is 0 Å². The Morgan fingerprint density at radius 1 is 0.857 bits per heavy atom. The molecule has 0 aliphatic carbocycles. The first-order valence-corrected chi connectivity index (χ1v) is 9.12. The number of anilines is 2. The molecule has 28 heavy (non-hydrogen) atoms. The van der Waals surface area contributed by atoms with Gasteiger partial charge in [-0.05, 0) is 56.2 Å². The smallest absolute Gasteiger partial charge is 0.257 e. The molecule has 2 aromatic carbocycles. The van der Waals surface area contributed by atoms with E-state index in [9.17, 15) is 9.59 Å². The highest BCUT2D eigenvalue weighted by atomic mass is 35.5. The molecule has 3 rings (SSSR count). The van der Waals surface area contributed by atoms with Gasteiger partial charge in [-0.1, -0.05) is 35.4 Å². The van der Waals surface area contributed by atoms with Crippen molar-refractivity contribution in [2.75, 3.05) is 10.6 Å². The normalized spacial score (nSPS) is 10.4. The highest BCUT2D eigenvalue weighted by Crippen LogP contribution is 2.23. The number of nitrogens with zero attached hydrogens (tertiary/aromatic N) is 1. The predicted molar refractivity (Wildman–Crippen MR) is 112 cm³/mol. The van der Waals surface area contributed by atoms with Crippen LogP contribution in [0.3, 0.4) is 0 Å². The minimum atomic E-state index is -0.368. The van der Waals surface area contributed by atoms with E-state index >= 15 is 0 Å². The Morgan fingerprint density at radius 3 is 2.07 bits per heavy atom. The number of pyridine rings is 1. The summed E-state index contributed by atoms with van der Waals surface area (Å²) in [6.45, 7) is 5.91. The fourth-order valence-electron chi connectivity index (χ4n) is 3.02. The Balaban J connectivity index is 1.79. The number of aromatic nitrogens is 1. The van der Waals surface area contributed by atoms with Gasteiger partial charge >= 0.3 is 0 Å². The number of carbonyl (C=O) groups excluding carboxylic acids is 2. The molecule has 2 amide bonds. The first kappa shape index (κ1) is 19.6. The summed E-state index contributed by atoms with van der Waals surface area (Å²) in [5.74, 6) is -0.688. The molecule has 0 bridgehead atoms. The average molecular weight is 394 g/mol. The Morgan fingerprint density at radius 2 is 1.46 bits per heavy atom. The van der Waals surface area contributed by atoms with Crippen LogP contribution < -0.4 is 10.6 Å². The maximum Gasteiger partial charge on any atom is 0.257 e. The molecule has 3 aromatic rings. The van der Waals surface area contributed by atoms with Gasteiger partial charge in [0.25, 0.3) is 11.8 Å². The molecule has 6 heteroatoms. The summed E-state index contributed by atoms with van der Waals surface area (Å²) in [6, 6.07) is 12.4. The molecule has 0 unspecified atom stereocenters. The lowest BCUT2D eigenvalue weighted by Crippen LogP contribution is -2.17. The van der Waals surface area contributed by atoms with E-state index in [1.807, 2.05) is 32.9 Å². The zero-order valence-corrected chi connectivity index (χ0v) is 16.6. The molecule has 0 radical (unpaired) electrons. The van der Waals surface area contributed by atoms with E-state index in [1.165, 1.54) is 18.5 Å². The van der Waals surface area contributed by atoms with Gasteiger partial charge in [-0.3, -0.25) is 14.6 Å². The van der Waals surface area contributed by atoms with Crippen molar-refractivity contribution < 1.29 is 9.59 Å². The molecule has 1 heterocycles. The topological polar surface area (TPSA) is 71.1 Å². The van der Waals surface area contributed by atoms with Gasteiger partial charge < -0.3 is 10.6 Å². The lowest BCUT2D eigenvalue weighted by molar-refractivity contribution is 0.102. The molecule has 142 valence electrons. The van der Waals surface area contributed by atoms with Crippen molar-refractivity contribution in [3.05, 3.63) is 87.7 Å². The summed E-state index contributed by atoms with van der Waals surface area (Å²) in [7, 11) is 0. The molecule has 0 saturated heterocycles. The number of rotatable bonds is 4.